The summed E-state index contributed by atoms with van der Waals surface area (Å²) in [6.07, 6.45) is 6.67. The van der Waals surface area contributed by atoms with E-state index in [1.54, 1.807) is 0 Å². The molecule has 2 rings (SSSR count). The minimum atomic E-state index is 0.500. The summed E-state index contributed by atoms with van der Waals surface area (Å²) in [4.78, 5) is 16.7. The molecule has 2 saturated heterocycles. The van der Waals surface area contributed by atoms with Gasteiger partial charge in [-0.05, 0) is 53.2 Å². The lowest BCUT2D eigenvalue weighted by atomic mass is 9.83. The molecule has 3 nitrogen and oxygen atoms in total. The number of rotatable bonds is 5. The van der Waals surface area contributed by atoms with Gasteiger partial charge in [0.15, 0.2) is 0 Å². The van der Waals surface area contributed by atoms with Crippen LogP contribution in [0.4, 0.5) is 0 Å². The monoisotopic (exact) mass is 252 g/mol. The molecule has 0 spiro atoms. The standard InChI is InChI=1S/C15H28N2O/c1-12(2)16(3)8-5-9-17-13-6-4-7-14(17)11-15(18)10-13/h12-14H,4-11H2,1-3H3. The topological polar surface area (TPSA) is 23.6 Å². The van der Waals surface area contributed by atoms with Crippen LogP contribution in [0.2, 0.25) is 0 Å². The summed E-state index contributed by atoms with van der Waals surface area (Å²) >= 11 is 0. The highest BCUT2D eigenvalue weighted by Gasteiger charge is 2.36. The minimum Gasteiger partial charge on any atom is -0.304 e. The maximum atomic E-state index is 11.7. The third kappa shape index (κ3) is 3.33. The van der Waals surface area contributed by atoms with E-state index in [1.807, 2.05) is 0 Å². The predicted octanol–water partition coefficient (Wildman–Crippen LogP) is 2.30. The molecule has 104 valence electrons. The smallest absolute Gasteiger partial charge is 0.136 e. The van der Waals surface area contributed by atoms with E-state index < -0.39 is 0 Å². The molecule has 0 saturated carbocycles. The number of Topliss-reactive ketones (excluding diaryl/α,β-unsaturated/α-hetero) is 1. The zero-order valence-corrected chi connectivity index (χ0v) is 12.2. The molecule has 2 fully saturated rings. The summed E-state index contributed by atoms with van der Waals surface area (Å²) in [5, 5.41) is 0. The number of nitrogens with zero attached hydrogens (tertiary/aromatic N) is 2. The highest BCUT2D eigenvalue weighted by molar-refractivity contribution is 5.80. The van der Waals surface area contributed by atoms with Gasteiger partial charge in [0, 0.05) is 31.0 Å². The lowest BCUT2D eigenvalue weighted by Gasteiger charge is -2.45. The van der Waals surface area contributed by atoms with Crippen LogP contribution in [0, 0.1) is 0 Å². The van der Waals surface area contributed by atoms with Gasteiger partial charge in [-0.1, -0.05) is 6.42 Å². The van der Waals surface area contributed by atoms with Crippen LogP contribution in [-0.2, 0) is 4.79 Å². The van der Waals surface area contributed by atoms with Crippen LogP contribution in [0.1, 0.15) is 52.4 Å². The van der Waals surface area contributed by atoms with Crippen molar-refractivity contribution >= 4 is 5.78 Å². The predicted molar refractivity (Wildman–Crippen MR) is 74.8 cm³/mol. The Labute approximate surface area is 112 Å². The number of fused-ring (bicyclic) bond motifs is 2. The molecule has 18 heavy (non-hydrogen) atoms. The Morgan fingerprint density at radius 2 is 1.89 bits per heavy atom. The van der Waals surface area contributed by atoms with Gasteiger partial charge >= 0.3 is 0 Å². The number of ketones is 1. The Kier molecular flexibility index (Phi) is 4.79. The number of hydrogen-bond donors (Lipinski definition) is 0. The van der Waals surface area contributed by atoms with Gasteiger partial charge in [-0.3, -0.25) is 9.69 Å². The molecule has 0 aromatic carbocycles. The van der Waals surface area contributed by atoms with E-state index in [0.29, 0.717) is 23.9 Å². The van der Waals surface area contributed by atoms with Crippen LogP contribution in [0.3, 0.4) is 0 Å². The molecule has 2 heterocycles. The van der Waals surface area contributed by atoms with Crippen molar-refractivity contribution in [2.45, 2.75) is 70.5 Å². The van der Waals surface area contributed by atoms with Gasteiger partial charge < -0.3 is 4.90 Å². The van der Waals surface area contributed by atoms with E-state index in [9.17, 15) is 4.79 Å². The molecule has 0 N–H and O–H groups in total. The van der Waals surface area contributed by atoms with E-state index in [2.05, 4.69) is 30.7 Å². The summed E-state index contributed by atoms with van der Waals surface area (Å²) in [6.45, 7) is 6.84. The third-order valence-corrected chi connectivity index (χ3v) is 4.75. The number of piperidine rings is 2. The van der Waals surface area contributed by atoms with E-state index in [4.69, 9.17) is 0 Å². The fourth-order valence-electron chi connectivity index (χ4n) is 3.39. The fraction of sp³-hybridized carbons (Fsp3) is 0.933. The Morgan fingerprint density at radius 1 is 1.28 bits per heavy atom. The first-order chi connectivity index (χ1) is 8.58. The van der Waals surface area contributed by atoms with Crippen molar-refractivity contribution in [1.82, 2.24) is 9.80 Å². The zero-order valence-electron chi connectivity index (χ0n) is 12.2. The Hall–Kier alpha value is -0.410. The molecular weight excluding hydrogens is 224 g/mol. The van der Waals surface area contributed by atoms with Crippen LogP contribution in [0.25, 0.3) is 0 Å². The SMILES string of the molecule is CC(C)N(C)CCCN1C2CCCC1CC(=O)C2. The van der Waals surface area contributed by atoms with Gasteiger partial charge in [0.1, 0.15) is 5.78 Å². The van der Waals surface area contributed by atoms with Crippen LogP contribution in [0.15, 0.2) is 0 Å². The van der Waals surface area contributed by atoms with Gasteiger partial charge in [0.25, 0.3) is 0 Å². The van der Waals surface area contributed by atoms with Gasteiger partial charge in [0.05, 0.1) is 0 Å². The molecule has 0 amide bonds. The highest BCUT2D eigenvalue weighted by atomic mass is 16.1. The molecule has 3 heteroatoms. The van der Waals surface area contributed by atoms with Gasteiger partial charge in [-0.15, -0.1) is 0 Å². The second-order valence-corrected chi connectivity index (χ2v) is 6.35. The Bertz CT molecular complexity index is 274. The molecule has 2 atom stereocenters. The lowest BCUT2D eigenvalue weighted by Crippen LogP contribution is -2.52. The molecule has 0 aromatic rings. The second kappa shape index (κ2) is 6.16. The minimum absolute atomic E-state index is 0.500. The maximum absolute atomic E-state index is 11.7. The van der Waals surface area contributed by atoms with Crippen LogP contribution in [0.5, 0.6) is 0 Å². The third-order valence-electron chi connectivity index (χ3n) is 4.75. The fourth-order valence-corrected chi connectivity index (χ4v) is 3.39. The van der Waals surface area contributed by atoms with Gasteiger partial charge in [-0.2, -0.15) is 0 Å². The van der Waals surface area contributed by atoms with Crippen molar-refractivity contribution in [1.29, 1.82) is 0 Å². The van der Waals surface area contributed by atoms with Gasteiger partial charge in [0.2, 0.25) is 0 Å². The van der Waals surface area contributed by atoms with Crippen molar-refractivity contribution in [3.8, 4) is 0 Å². The van der Waals surface area contributed by atoms with E-state index in [1.165, 1.54) is 38.8 Å². The quantitative estimate of drug-likeness (QED) is 0.750. The van der Waals surface area contributed by atoms with Crippen molar-refractivity contribution in [3.63, 3.8) is 0 Å². The number of carbonyl (C=O) groups excluding carboxylic acids is 1. The van der Waals surface area contributed by atoms with Crippen LogP contribution >= 0.6 is 0 Å². The first-order valence-electron chi connectivity index (χ1n) is 7.55. The Morgan fingerprint density at radius 3 is 2.44 bits per heavy atom. The van der Waals surface area contributed by atoms with Crippen LogP contribution in [-0.4, -0.2) is 53.8 Å². The normalized spacial score (nSPS) is 29.3. The number of hydrogen-bond acceptors (Lipinski definition) is 3. The average Bonchev–Trinajstić information content (AvgIpc) is 2.29. The molecule has 2 aliphatic rings. The maximum Gasteiger partial charge on any atom is 0.136 e. The first-order valence-corrected chi connectivity index (χ1v) is 7.55. The molecule has 2 unspecified atom stereocenters. The van der Waals surface area contributed by atoms with E-state index in [-0.39, 0.29) is 0 Å². The summed E-state index contributed by atoms with van der Waals surface area (Å²) in [5.41, 5.74) is 0. The second-order valence-electron chi connectivity index (χ2n) is 6.35. The van der Waals surface area contributed by atoms with Crippen molar-refractivity contribution in [2.75, 3.05) is 20.1 Å². The van der Waals surface area contributed by atoms with Gasteiger partial charge in [-0.25, -0.2) is 0 Å². The molecule has 0 aliphatic carbocycles. The zero-order chi connectivity index (χ0) is 13.1. The lowest BCUT2D eigenvalue weighted by molar-refractivity contribution is -0.127. The molecule has 2 bridgehead atoms. The van der Waals surface area contributed by atoms with Crippen molar-refractivity contribution < 1.29 is 4.79 Å². The molecule has 2 aliphatic heterocycles. The summed E-state index contributed by atoms with van der Waals surface area (Å²) in [7, 11) is 2.20. The largest absolute Gasteiger partial charge is 0.304 e. The van der Waals surface area contributed by atoms with Crippen LogP contribution < -0.4 is 0 Å². The molecule has 0 radical (unpaired) electrons. The van der Waals surface area contributed by atoms with E-state index >= 15 is 0 Å². The summed E-state index contributed by atoms with van der Waals surface area (Å²) in [6, 6.07) is 1.76. The summed E-state index contributed by atoms with van der Waals surface area (Å²) < 4.78 is 0. The van der Waals surface area contributed by atoms with E-state index in [0.717, 1.165) is 12.8 Å². The molecular formula is C15H28N2O. The Balaban J connectivity index is 1.80. The number of carbonyl (C=O) groups is 1. The first kappa shape index (κ1) is 14.0. The highest BCUT2D eigenvalue weighted by Crippen LogP contribution is 2.32. The van der Waals surface area contributed by atoms with Crippen molar-refractivity contribution in [3.05, 3.63) is 0 Å². The molecule has 0 aromatic heterocycles. The average molecular weight is 252 g/mol. The summed E-state index contributed by atoms with van der Waals surface area (Å²) in [5.74, 6) is 0.500. The van der Waals surface area contributed by atoms with Crippen molar-refractivity contribution in [2.24, 2.45) is 0 Å².